The van der Waals surface area contributed by atoms with Crippen LogP contribution in [0.15, 0.2) is 18.5 Å². The van der Waals surface area contributed by atoms with E-state index in [1.54, 1.807) is 12.3 Å². The minimum absolute atomic E-state index is 0.0152. The lowest BCUT2D eigenvalue weighted by Crippen LogP contribution is -2.47. The number of hydrogen-bond donors (Lipinski definition) is 1. The van der Waals surface area contributed by atoms with Crippen molar-refractivity contribution in [3.05, 3.63) is 24.0 Å². The van der Waals surface area contributed by atoms with Gasteiger partial charge in [0.15, 0.2) is 0 Å². The first kappa shape index (κ1) is 12.8. The van der Waals surface area contributed by atoms with Crippen LogP contribution in [0.4, 0.5) is 5.69 Å². The van der Waals surface area contributed by atoms with Gasteiger partial charge in [0.05, 0.1) is 17.4 Å². The van der Waals surface area contributed by atoms with Gasteiger partial charge in [-0.15, -0.1) is 0 Å². The number of amides is 1. The maximum absolute atomic E-state index is 12.4. The molecule has 18 heavy (non-hydrogen) atoms. The summed E-state index contributed by atoms with van der Waals surface area (Å²) in [7, 11) is 4.11. The Morgan fingerprint density at radius 1 is 1.56 bits per heavy atom. The Morgan fingerprint density at radius 3 is 3.00 bits per heavy atom. The Hall–Kier alpha value is -1.62. The molecule has 0 aliphatic carbocycles. The fourth-order valence-electron chi connectivity index (χ4n) is 2.33. The zero-order chi connectivity index (χ0) is 13.1. The number of likely N-dealkylation sites (tertiary alicyclic amines) is 1. The minimum atomic E-state index is 0.0152. The van der Waals surface area contributed by atoms with Crippen molar-refractivity contribution < 1.29 is 4.79 Å². The van der Waals surface area contributed by atoms with E-state index in [0.717, 1.165) is 25.9 Å². The Bertz CT molecular complexity index is 433. The molecule has 5 heteroatoms. The number of aromatic nitrogens is 1. The monoisotopic (exact) mass is 248 g/mol. The lowest BCUT2D eigenvalue weighted by atomic mass is 10.0. The molecule has 1 aliphatic rings. The van der Waals surface area contributed by atoms with E-state index in [4.69, 9.17) is 5.73 Å². The van der Waals surface area contributed by atoms with Gasteiger partial charge in [0, 0.05) is 25.3 Å². The topological polar surface area (TPSA) is 62.5 Å². The summed E-state index contributed by atoms with van der Waals surface area (Å²) in [6.45, 7) is 1.58. The molecule has 98 valence electrons. The van der Waals surface area contributed by atoms with Crippen LogP contribution in [0.5, 0.6) is 0 Å². The van der Waals surface area contributed by atoms with Gasteiger partial charge in [-0.05, 0) is 33.0 Å². The number of piperidine rings is 1. The highest BCUT2D eigenvalue weighted by molar-refractivity contribution is 5.98. The molecular weight excluding hydrogens is 228 g/mol. The molecule has 2 N–H and O–H groups in total. The smallest absolute Gasteiger partial charge is 0.256 e. The van der Waals surface area contributed by atoms with Gasteiger partial charge in [-0.3, -0.25) is 9.78 Å². The molecule has 2 rings (SSSR count). The van der Waals surface area contributed by atoms with E-state index >= 15 is 0 Å². The molecule has 0 radical (unpaired) electrons. The SMILES string of the molecule is CN(C)C1CCCN(C(=O)c2ccncc2N)C1. The van der Waals surface area contributed by atoms with E-state index in [-0.39, 0.29) is 5.91 Å². The van der Waals surface area contributed by atoms with Gasteiger partial charge in [0.1, 0.15) is 0 Å². The van der Waals surface area contributed by atoms with Crippen molar-refractivity contribution in [1.29, 1.82) is 0 Å². The molecule has 1 aliphatic heterocycles. The van der Waals surface area contributed by atoms with Crippen LogP contribution in [0, 0.1) is 0 Å². The average molecular weight is 248 g/mol. The van der Waals surface area contributed by atoms with Gasteiger partial charge < -0.3 is 15.5 Å². The molecule has 0 saturated carbocycles. The molecule has 0 aromatic carbocycles. The molecule has 1 saturated heterocycles. The minimum Gasteiger partial charge on any atom is -0.397 e. The molecular formula is C13H20N4O. The van der Waals surface area contributed by atoms with Crippen LogP contribution in [0.25, 0.3) is 0 Å². The second kappa shape index (κ2) is 5.35. The first-order chi connectivity index (χ1) is 8.59. The van der Waals surface area contributed by atoms with Crippen LogP contribution in [-0.4, -0.2) is 53.9 Å². The van der Waals surface area contributed by atoms with E-state index in [1.165, 1.54) is 6.20 Å². The Labute approximate surface area is 108 Å². The van der Waals surface area contributed by atoms with Crippen LogP contribution in [0.3, 0.4) is 0 Å². The van der Waals surface area contributed by atoms with E-state index in [2.05, 4.69) is 24.0 Å². The van der Waals surface area contributed by atoms with Gasteiger partial charge in [-0.2, -0.15) is 0 Å². The van der Waals surface area contributed by atoms with Gasteiger partial charge in [-0.25, -0.2) is 0 Å². The number of hydrogen-bond acceptors (Lipinski definition) is 4. The van der Waals surface area contributed by atoms with Gasteiger partial charge in [0.25, 0.3) is 5.91 Å². The largest absolute Gasteiger partial charge is 0.397 e. The van der Waals surface area contributed by atoms with Crippen LogP contribution in [0.1, 0.15) is 23.2 Å². The summed E-state index contributed by atoms with van der Waals surface area (Å²) in [4.78, 5) is 20.4. The zero-order valence-electron chi connectivity index (χ0n) is 11.0. The van der Waals surface area contributed by atoms with Gasteiger partial charge >= 0.3 is 0 Å². The summed E-state index contributed by atoms with van der Waals surface area (Å²) in [6.07, 6.45) is 5.32. The maximum atomic E-state index is 12.4. The third-order valence-corrected chi connectivity index (χ3v) is 3.50. The number of nitrogens with zero attached hydrogens (tertiary/aromatic N) is 3. The van der Waals surface area contributed by atoms with Crippen molar-refractivity contribution in [2.24, 2.45) is 0 Å². The molecule has 1 unspecified atom stereocenters. The highest BCUT2D eigenvalue weighted by atomic mass is 16.2. The van der Waals surface area contributed by atoms with Crippen molar-refractivity contribution in [2.45, 2.75) is 18.9 Å². The van der Waals surface area contributed by atoms with E-state index in [0.29, 0.717) is 17.3 Å². The van der Waals surface area contributed by atoms with Crippen molar-refractivity contribution in [2.75, 3.05) is 32.9 Å². The van der Waals surface area contributed by atoms with E-state index in [1.807, 2.05) is 4.90 Å². The summed E-state index contributed by atoms with van der Waals surface area (Å²) < 4.78 is 0. The standard InChI is InChI=1S/C13H20N4O/c1-16(2)10-4-3-7-17(9-10)13(18)11-5-6-15-8-12(11)14/h5-6,8,10H,3-4,7,9,14H2,1-2H3. The zero-order valence-corrected chi connectivity index (χ0v) is 11.0. The first-order valence-electron chi connectivity index (χ1n) is 6.25. The maximum Gasteiger partial charge on any atom is 0.256 e. The van der Waals surface area contributed by atoms with Crippen molar-refractivity contribution >= 4 is 11.6 Å². The number of carbonyl (C=O) groups is 1. The van der Waals surface area contributed by atoms with Gasteiger partial charge in [0.2, 0.25) is 0 Å². The summed E-state index contributed by atoms with van der Waals surface area (Å²) in [5, 5.41) is 0. The molecule has 1 aromatic heterocycles. The fraction of sp³-hybridized carbons (Fsp3) is 0.538. The van der Waals surface area contributed by atoms with E-state index < -0.39 is 0 Å². The molecule has 2 heterocycles. The first-order valence-corrected chi connectivity index (χ1v) is 6.25. The van der Waals surface area contributed by atoms with Crippen LogP contribution in [-0.2, 0) is 0 Å². The number of nitrogens with two attached hydrogens (primary N) is 1. The second-order valence-corrected chi connectivity index (χ2v) is 4.97. The van der Waals surface area contributed by atoms with Crippen molar-refractivity contribution in [3.63, 3.8) is 0 Å². The number of pyridine rings is 1. The average Bonchev–Trinajstić information content (AvgIpc) is 2.38. The number of rotatable bonds is 2. The molecule has 1 fully saturated rings. The summed E-state index contributed by atoms with van der Waals surface area (Å²) in [5.41, 5.74) is 6.82. The number of nitrogen functional groups attached to an aromatic ring is 1. The van der Waals surface area contributed by atoms with E-state index in [9.17, 15) is 4.79 Å². The summed E-state index contributed by atoms with van der Waals surface area (Å²) in [5.74, 6) is 0.0152. The Balaban J connectivity index is 2.12. The van der Waals surface area contributed by atoms with Crippen molar-refractivity contribution in [1.82, 2.24) is 14.8 Å². The highest BCUT2D eigenvalue weighted by Gasteiger charge is 2.26. The third kappa shape index (κ3) is 2.61. The van der Waals surface area contributed by atoms with Crippen molar-refractivity contribution in [3.8, 4) is 0 Å². The molecule has 5 nitrogen and oxygen atoms in total. The number of anilines is 1. The summed E-state index contributed by atoms with van der Waals surface area (Å²) in [6, 6.07) is 2.13. The Morgan fingerprint density at radius 2 is 2.33 bits per heavy atom. The molecule has 0 spiro atoms. The van der Waals surface area contributed by atoms with Gasteiger partial charge in [-0.1, -0.05) is 0 Å². The second-order valence-electron chi connectivity index (χ2n) is 4.97. The predicted octanol–water partition coefficient (Wildman–Crippen LogP) is 0.830. The Kier molecular flexibility index (Phi) is 3.81. The normalized spacial score (nSPS) is 20.2. The van der Waals surface area contributed by atoms with Crippen LogP contribution < -0.4 is 5.73 Å². The highest BCUT2D eigenvalue weighted by Crippen LogP contribution is 2.18. The third-order valence-electron chi connectivity index (χ3n) is 3.50. The summed E-state index contributed by atoms with van der Waals surface area (Å²) >= 11 is 0. The molecule has 1 amide bonds. The van der Waals surface area contributed by atoms with Crippen LogP contribution in [0.2, 0.25) is 0 Å². The predicted molar refractivity (Wildman–Crippen MR) is 71.3 cm³/mol. The molecule has 0 bridgehead atoms. The fourth-order valence-corrected chi connectivity index (χ4v) is 2.33. The molecule has 1 atom stereocenters. The number of likely N-dealkylation sites (N-methyl/N-ethyl adjacent to an activating group) is 1. The lowest BCUT2D eigenvalue weighted by Gasteiger charge is -2.36. The number of carbonyl (C=O) groups excluding carboxylic acids is 1. The molecule has 1 aromatic rings. The lowest BCUT2D eigenvalue weighted by molar-refractivity contribution is 0.0636. The van der Waals surface area contributed by atoms with Crippen LogP contribution >= 0.6 is 0 Å². The quantitative estimate of drug-likeness (QED) is 0.842.